The summed E-state index contributed by atoms with van der Waals surface area (Å²) in [6.45, 7) is 1.48. The van der Waals surface area contributed by atoms with Gasteiger partial charge in [0, 0.05) is 30.9 Å². The third-order valence-corrected chi connectivity index (χ3v) is 3.48. The first-order valence-corrected chi connectivity index (χ1v) is 7.20. The number of benzene rings is 2. The van der Waals surface area contributed by atoms with Crippen LogP contribution >= 0.6 is 0 Å². The second-order valence-electron chi connectivity index (χ2n) is 5.37. The minimum Gasteiger partial charge on any atom is -0.497 e. The maximum atomic E-state index is 12.4. The molecule has 0 unspecified atom stereocenters. The molecule has 2 rings (SSSR count). The topological polar surface area (TPSA) is 58.6 Å². The highest BCUT2D eigenvalue weighted by Crippen LogP contribution is 2.24. The molecule has 0 spiro atoms. The van der Waals surface area contributed by atoms with Crippen LogP contribution in [-0.4, -0.2) is 32.9 Å². The predicted octanol–water partition coefficient (Wildman–Crippen LogP) is 3.22. The molecule has 0 radical (unpaired) electrons. The number of hydrogen-bond acceptors (Lipinski definition) is 4. The van der Waals surface area contributed by atoms with Gasteiger partial charge >= 0.3 is 0 Å². The number of Topliss-reactive ketones (excluding diaryl/α,β-unsaturated/α-hetero) is 1. The fourth-order valence-corrected chi connectivity index (χ4v) is 2.17. The molecule has 5 nitrogen and oxygen atoms in total. The number of anilines is 2. The molecule has 120 valence electrons. The average Bonchev–Trinajstić information content (AvgIpc) is 2.54. The van der Waals surface area contributed by atoms with E-state index in [0.29, 0.717) is 22.6 Å². The van der Waals surface area contributed by atoms with Crippen molar-refractivity contribution >= 4 is 23.1 Å². The Morgan fingerprint density at radius 3 is 2.43 bits per heavy atom. The van der Waals surface area contributed by atoms with E-state index in [1.165, 1.54) is 6.92 Å². The van der Waals surface area contributed by atoms with Crippen LogP contribution in [-0.2, 0) is 0 Å². The van der Waals surface area contributed by atoms with E-state index in [9.17, 15) is 9.59 Å². The lowest BCUT2D eigenvalue weighted by molar-refractivity contribution is 0.101. The van der Waals surface area contributed by atoms with E-state index in [2.05, 4.69) is 5.32 Å². The maximum Gasteiger partial charge on any atom is 0.255 e. The first-order chi connectivity index (χ1) is 10.9. The van der Waals surface area contributed by atoms with Gasteiger partial charge in [0.1, 0.15) is 5.75 Å². The SMILES string of the molecule is COc1cccc(C(=O)Nc2ccc(N(C)C)cc2C(C)=O)c1. The van der Waals surface area contributed by atoms with Gasteiger partial charge in [-0.1, -0.05) is 6.07 Å². The fraction of sp³-hybridized carbons (Fsp3) is 0.222. The molecule has 0 fully saturated rings. The maximum absolute atomic E-state index is 12.4. The zero-order valence-electron chi connectivity index (χ0n) is 13.7. The number of hydrogen-bond donors (Lipinski definition) is 1. The van der Waals surface area contributed by atoms with E-state index in [-0.39, 0.29) is 11.7 Å². The van der Waals surface area contributed by atoms with Crippen LogP contribution < -0.4 is 15.0 Å². The van der Waals surface area contributed by atoms with Crippen molar-refractivity contribution in [2.45, 2.75) is 6.92 Å². The predicted molar refractivity (Wildman–Crippen MR) is 91.7 cm³/mol. The minimum atomic E-state index is -0.288. The molecule has 0 aromatic heterocycles. The molecule has 0 aliphatic rings. The van der Waals surface area contributed by atoms with E-state index in [0.717, 1.165) is 5.69 Å². The summed E-state index contributed by atoms with van der Waals surface area (Å²) >= 11 is 0. The summed E-state index contributed by atoms with van der Waals surface area (Å²) in [7, 11) is 5.34. The van der Waals surface area contributed by atoms with Crippen LogP contribution in [0.4, 0.5) is 11.4 Å². The Hall–Kier alpha value is -2.82. The molecular weight excluding hydrogens is 292 g/mol. The Morgan fingerprint density at radius 1 is 1.09 bits per heavy atom. The molecule has 2 aromatic carbocycles. The van der Waals surface area contributed by atoms with Crippen molar-refractivity contribution in [2.75, 3.05) is 31.4 Å². The standard InChI is InChI=1S/C18H20N2O3/c1-12(21)16-11-14(20(2)3)8-9-17(16)19-18(22)13-6-5-7-15(10-13)23-4/h5-11H,1-4H3,(H,19,22). The van der Waals surface area contributed by atoms with E-state index in [1.807, 2.05) is 25.1 Å². The molecule has 23 heavy (non-hydrogen) atoms. The van der Waals surface area contributed by atoms with Gasteiger partial charge in [-0.05, 0) is 43.3 Å². The molecule has 5 heteroatoms. The van der Waals surface area contributed by atoms with Crippen LogP contribution in [0.5, 0.6) is 5.75 Å². The number of rotatable bonds is 5. The number of ketones is 1. The van der Waals surface area contributed by atoms with Gasteiger partial charge < -0.3 is 15.0 Å². The molecule has 0 bridgehead atoms. The van der Waals surface area contributed by atoms with E-state index >= 15 is 0 Å². The van der Waals surface area contributed by atoms with Gasteiger partial charge in [0.05, 0.1) is 12.8 Å². The van der Waals surface area contributed by atoms with Gasteiger partial charge in [-0.15, -0.1) is 0 Å². The van der Waals surface area contributed by atoms with Crippen LogP contribution in [0.3, 0.4) is 0 Å². The monoisotopic (exact) mass is 312 g/mol. The van der Waals surface area contributed by atoms with Crippen LogP contribution in [0.1, 0.15) is 27.6 Å². The molecule has 1 amide bonds. The molecule has 0 saturated heterocycles. The highest BCUT2D eigenvalue weighted by molar-refractivity contribution is 6.09. The normalized spacial score (nSPS) is 10.1. The molecular formula is C18H20N2O3. The van der Waals surface area contributed by atoms with Gasteiger partial charge in [0.15, 0.2) is 5.78 Å². The molecule has 0 atom stereocenters. The summed E-state index contributed by atoms with van der Waals surface area (Å²) in [6.07, 6.45) is 0. The summed E-state index contributed by atoms with van der Waals surface area (Å²) < 4.78 is 5.12. The summed E-state index contributed by atoms with van der Waals surface area (Å²) in [6, 6.07) is 12.2. The molecule has 2 aromatic rings. The molecule has 0 aliphatic carbocycles. The number of ether oxygens (including phenoxy) is 1. The van der Waals surface area contributed by atoms with Crippen LogP contribution in [0.2, 0.25) is 0 Å². The van der Waals surface area contributed by atoms with Crippen molar-refractivity contribution in [2.24, 2.45) is 0 Å². The molecule has 0 aliphatic heterocycles. The quantitative estimate of drug-likeness (QED) is 0.861. The number of carbonyl (C=O) groups is 2. The lowest BCUT2D eigenvalue weighted by Crippen LogP contribution is -2.15. The molecule has 1 N–H and O–H groups in total. The van der Waals surface area contributed by atoms with Crippen LogP contribution in [0.15, 0.2) is 42.5 Å². The summed E-state index contributed by atoms with van der Waals surface area (Å²) in [5, 5.41) is 2.79. The number of carbonyl (C=O) groups excluding carboxylic acids is 2. The van der Waals surface area contributed by atoms with Crippen molar-refractivity contribution in [1.29, 1.82) is 0 Å². The number of methoxy groups -OCH3 is 1. The smallest absolute Gasteiger partial charge is 0.255 e. The van der Waals surface area contributed by atoms with Gasteiger partial charge in [-0.2, -0.15) is 0 Å². The Labute approximate surface area is 135 Å². The first-order valence-electron chi connectivity index (χ1n) is 7.20. The van der Waals surface area contributed by atoms with Crippen molar-refractivity contribution in [1.82, 2.24) is 0 Å². The van der Waals surface area contributed by atoms with Gasteiger partial charge in [0.2, 0.25) is 0 Å². The van der Waals surface area contributed by atoms with Crippen molar-refractivity contribution < 1.29 is 14.3 Å². The zero-order chi connectivity index (χ0) is 17.0. The van der Waals surface area contributed by atoms with Gasteiger partial charge in [-0.3, -0.25) is 9.59 Å². The van der Waals surface area contributed by atoms with Crippen LogP contribution in [0, 0.1) is 0 Å². The first kappa shape index (κ1) is 16.5. The van der Waals surface area contributed by atoms with Gasteiger partial charge in [0.25, 0.3) is 5.91 Å². The van der Waals surface area contributed by atoms with E-state index < -0.39 is 0 Å². The Morgan fingerprint density at radius 2 is 1.83 bits per heavy atom. The molecule has 0 saturated carbocycles. The fourth-order valence-electron chi connectivity index (χ4n) is 2.17. The Kier molecular flexibility index (Phi) is 5.01. The Balaban J connectivity index is 2.31. The highest BCUT2D eigenvalue weighted by Gasteiger charge is 2.13. The zero-order valence-corrected chi connectivity index (χ0v) is 13.7. The summed E-state index contributed by atoms with van der Waals surface area (Å²) in [5.41, 5.74) is 2.34. The number of nitrogens with one attached hydrogen (secondary N) is 1. The lowest BCUT2D eigenvalue weighted by Gasteiger charge is -2.16. The third-order valence-electron chi connectivity index (χ3n) is 3.48. The minimum absolute atomic E-state index is 0.102. The Bertz CT molecular complexity index is 739. The second-order valence-corrected chi connectivity index (χ2v) is 5.37. The van der Waals surface area contributed by atoms with Crippen molar-refractivity contribution in [3.05, 3.63) is 53.6 Å². The largest absolute Gasteiger partial charge is 0.497 e. The number of amides is 1. The summed E-state index contributed by atoms with van der Waals surface area (Å²) in [4.78, 5) is 26.2. The highest BCUT2D eigenvalue weighted by atomic mass is 16.5. The van der Waals surface area contributed by atoms with E-state index in [1.54, 1.807) is 43.5 Å². The lowest BCUT2D eigenvalue weighted by atomic mass is 10.1. The second kappa shape index (κ2) is 6.96. The van der Waals surface area contributed by atoms with E-state index in [4.69, 9.17) is 4.74 Å². The average molecular weight is 312 g/mol. The van der Waals surface area contributed by atoms with Crippen molar-refractivity contribution in [3.63, 3.8) is 0 Å². The summed E-state index contributed by atoms with van der Waals surface area (Å²) in [5.74, 6) is 0.214. The van der Waals surface area contributed by atoms with Crippen LogP contribution in [0.25, 0.3) is 0 Å². The third kappa shape index (κ3) is 3.88. The van der Waals surface area contributed by atoms with Gasteiger partial charge in [-0.25, -0.2) is 0 Å². The molecule has 0 heterocycles. The van der Waals surface area contributed by atoms with Crippen molar-refractivity contribution in [3.8, 4) is 5.75 Å². The number of nitrogens with zero attached hydrogens (tertiary/aromatic N) is 1.